The topological polar surface area (TPSA) is 59.6 Å². The van der Waals surface area contributed by atoms with Gasteiger partial charge in [-0.05, 0) is 6.54 Å². The van der Waals surface area contributed by atoms with Gasteiger partial charge in [0.15, 0.2) is 0 Å². The van der Waals surface area contributed by atoms with Crippen molar-refractivity contribution >= 4 is 23.2 Å². The molecule has 2 N–H and O–H groups in total. The Morgan fingerprint density at radius 2 is 1.95 bits per heavy atom. The van der Waals surface area contributed by atoms with Crippen molar-refractivity contribution in [3.05, 3.63) is 17.2 Å². The normalized spacial score (nSPS) is 11.8. The summed E-state index contributed by atoms with van der Waals surface area (Å²) in [6, 6.07) is 3.27. The van der Waals surface area contributed by atoms with Crippen LogP contribution < -0.4 is 20.1 Å². The molecule has 0 bridgehead atoms. The molecule has 0 aromatic heterocycles. The quantitative estimate of drug-likeness (QED) is 0.812. The van der Waals surface area contributed by atoms with Gasteiger partial charge in [-0.25, -0.2) is 0 Å². The van der Waals surface area contributed by atoms with E-state index < -0.39 is 0 Å². The number of hydrogen-bond donors (Lipinski definition) is 2. The van der Waals surface area contributed by atoms with E-state index in [-0.39, 0.29) is 11.8 Å². The van der Waals surface area contributed by atoms with Crippen molar-refractivity contribution in [2.24, 2.45) is 5.92 Å². The van der Waals surface area contributed by atoms with E-state index in [9.17, 15) is 4.79 Å². The third-order valence-electron chi connectivity index (χ3n) is 2.88. The summed E-state index contributed by atoms with van der Waals surface area (Å²) in [5.74, 6) is 0.747. The van der Waals surface area contributed by atoms with Crippen LogP contribution in [0.4, 0.5) is 5.69 Å². The summed E-state index contributed by atoms with van der Waals surface area (Å²) in [6.45, 7) is 5.31. The van der Waals surface area contributed by atoms with E-state index >= 15 is 0 Å². The molecule has 0 spiro atoms. The van der Waals surface area contributed by atoms with Gasteiger partial charge in [-0.1, -0.05) is 25.4 Å². The molecule has 0 fully saturated rings. The Bertz CT molecular complexity index is 466. The van der Waals surface area contributed by atoms with Crippen LogP contribution in [0.3, 0.4) is 0 Å². The number of benzene rings is 1. The number of anilines is 1. The minimum absolute atomic E-state index is 0.0892. The van der Waals surface area contributed by atoms with Gasteiger partial charge in [0.25, 0.3) is 0 Å². The van der Waals surface area contributed by atoms with Crippen LogP contribution in [0.5, 0.6) is 11.5 Å². The molecule has 1 aromatic rings. The predicted molar refractivity (Wildman–Crippen MR) is 80.9 cm³/mol. The second kappa shape index (κ2) is 7.97. The van der Waals surface area contributed by atoms with Crippen LogP contribution in [0.1, 0.15) is 13.8 Å². The van der Waals surface area contributed by atoms with Crippen LogP contribution in [0, 0.1) is 5.92 Å². The number of ether oxygens (including phenoxy) is 2. The van der Waals surface area contributed by atoms with E-state index in [1.54, 1.807) is 12.1 Å². The van der Waals surface area contributed by atoms with E-state index in [0.717, 1.165) is 6.54 Å². The van der Waals surface area contributed by atoms with E-state index in [0.29, 0.717) is 28.8 Å². The summed E-state index contributed by atoms with van der Waals surface area (Å²) in [5, 5.41) is 6.40. The maximum absolute atomic E-state index is 12.1. The zero-order valence-corrected chi connectivity index (χ0v) is 13.0. The Labute approximate surface area is 124 Å². The average Bonchev–Trinajstić information content (AvgIpc) is 2.45. The number of rotatable bonds is 7. The number of amides is 1. The largest absolute Gasteiger partial charge is 0.495 e. The molecule has 1 rings (SSSR count). The van der Waals surface area contributed by atoms with Crippen molar-refractivity contribution in [1.29, 1.82) is 0 Å². The van der Waals surface area contributed by atoms with Crippen LogP contribution in [0.25, 0.3) is 0 Å². The number of methoxy groups -OCH3 is 2. The molecule has 112 valence electrons. The molecular weight excluding hydrogens is 280 g/mol. The Kier molecular flexibility index (Phi) is 6.61. The SMILES string of the molecule is CCNCC(C)C(=O)Nc1cc(OC)c(Cl)cc1OC. The lowest BCUT2D eigenvalue weighted by atomic mass is 10.1. The van der Waals surface area contributed by atoms with E-state index in [1.165, 1.54) is 14.2 Å². The highest BCUT2D eigenvalue weighted by Crippen LogP contribution is 2.35. The molecule has 0 radical (unpaired) electrons. The van der Waals surface area contributed by atoms with Crippen molar-refractivity contribution in [2.75, 3.05) is 32.6 Å². The molecule has 0 heterocycles. The first kappa shape index (κ1) is 16.6. The van der Waals surface area contributed by atoms with Gasteiger partial charge >= 0.3 is 0 Å². The van der Waals surface area contributed by atoms with Crippen molar-refractivity contribution in [3.63, 3.8) is 0 Å². The van der Waals surface area contributed by atoms with E-state index in [2.05, 4.69) is 10.6 Å². The zero-order valence-electron chi connectivity index (χ0n) is 12.2. The lowest BCUT2D eigenvalue weighted by Crippen LogP contribution is -2.30. The lowest BCUT2D eigenvalue weighted by Gasteiger charge is -2.16. The third-order valence-corrected chi connectivity index (χ3v) is 3.18. The van der Waals surface area contributed by atoms with Crippen molar-refractivity contribution in [2.45, 2.75) is 13.8 Å². The second-order valence-electron chi connectivity index (χ2n) is 4.39. The highest BCUT2D eigenvalue weighted by atomic mass is 35.5. The van der Waals surface area contributed by atoms with Gasteiger partial charge in [-0.15, -0.1) is 0 Å². The number of carbonyl (C=O) groups excluding carboxylic acids is 1. The lowest BCUT2D eigenvalue weighted by molar-refractivity contribution is -0.119. The highest BCUT2D eigenvalue weighted by molar-refractivity contribution is 6.32. The highest BCUT2D eigenvalue weighted by Gasteiger charge is 2.16. The van der Waals surface area contributed by atoms with Crippen LogP contribution in [-0.2, 0) is 4.79 Å². The van der Waals surface area contributed by atoms with Crippen LogP contribution in [0.2, 0.25) is 5.02 Å². The van der Waals surface area contributed by atoms with Crippen molar-refractivity contribution in [3.8, 4) is 11.5 Å². The van der Waals surface area contributed by atoms with Crippen LogP contribution in [0.15, 0.2) is 12.1 Å². The minimum atomic E-state index is -0.152. The fourth-order valence-corrected chi connectivity index (χ4v) is 1.90. The van der Waals surface area contributed by atoms with Crippen molar-refractivity contribution in [1.82, 2.24) is 5.32 Å². The van der Waals surface area contributed by atoms with Gasteiger partial charge in [0.1, 0.15) is 11.5 Å². The molecule has 6 heteroatoms. The van der Waals surface area contributed by atoms with Gasteiger partial charge in [-0.3, -0.25) is 4.79 Å². The molecule has 0 aliphatic heterocycles. The molecule has 1 unspecified atom stereocenters. The van der Waals surface area contributed by atoms with E-state index in [1.807, 2.05) is 13.8 Å². The Hall–Kier alpha value is -1.46. The van der Waals surface area contributed by atoms with Gasteiger partial charge in [0.05, 0.1) is 24.9 Å². The maximum Gasteiger partial charge on any atom is 0.228 e. The van der Waals surface area contributed by atoms with Crippen molar-refractivity contribution < 1.29 is 14.3 Å². The summed E-state index contributed by atoms with van der Waals surface area (Å²) in [6.07, 6.45) is 0. The third kappa shape index (κ3) is 4.28. The standard InChI is InChI=1S/C14H21ClN2O3/c1-5-16-8-9(2)14(18)17-11-7-12(19-3)10(15)6-13(11)20-4/h6-7,9,16H,5,8H2,1-4H3,(H,17,18). The number of nitrogens with one attached hydrogen (secondary N) is 2. The molecule has 0 saturated heterocycles. The molecule has 0 aliphatic rings. The molecule has 0 saturated carbocycles. The summed E-state index contributed by atoms with van der Waals surface area (Å²) in [5.41, 5.74) is 0.544. The maximum atomic E-state index is 12.1. The molecule has 5 nitrogen and oxygen atoms in total. The number of hydrogen-bond acceptors (Lipinski definition) is 4. The fourth-order valence-electron chi connectivity index (χ4n) is 1.67. The first-order valence-electron chi connectivity index (χ1n) is 6.46. The summed E-state index contributed by atoms with van der Waals surface area (Å²) < 4.78 is 10.4. The molecule has 1 atom stereocenters. The Morgan fingerprint density at radius 1 is 1.30 bits per heavy atom. The molecule has 1 amide bonds. The first-order valence-corrected chi connectivity index (χ1v) is 6.84. The first-order chi connectivity index (χ1) is 9.53. The van der Waals surface area contributed by atoms with Gasteiger partial charge < -0.3 is 20.1 Å². The van der Waals surface area contributed by atoms with Gasteiger partial charge in [0.2, 0.25) is 5.91 Å². The summed E-state index contributed by atoms with van der Waals surface area (Å²) in [7, 11) is 3.04. The fraction of sp³-hybridized carbons (Fsp3) is 0.500. The molecule has 1 aromatic carbocycles. The molecular formula is C14H21ClN2O3. The van der Waals surface area contributed by atoms with Gasteiger partial charge in [0, 0.05) is 24.6 Å². The van der Waals surface area contributed by atoms with Crippen LogP contribution in [-0.4, -0.2) is 33.2 Å². The van der Waals surface area contributed by atoms with Gasteiger partial charge in [-0.2, -0.15) is 0 Å². The predicted octanol–water partition coefficient (Wildman–Crippen LogP) is 2.54. The monoisotopic (exact) mass is 300 g/mol. The average molecular weight is 301 g/mol. The Morgan fingerprint density at radius 3 is 2.50 bits per heavy atom. The zero-order chi connectivity index (χ0) is 15.1. The second-order valence-corrected chi connectivity index (χ2v) is 4.79. The number of carbonyl (C=O) groups is 1. The van der Waals surface area contributed by atoms with E-state index in [4.69, 9.17) is 21.1 Å². The molecule has 0 aliphatic carbocycles. The summed E-state index contributed by atoms with van der Waals surface area (Å²) in [4.78, 5) is 12.1. The van der Waals surface area contributed by atoms with Crippen LogP contribution >= 0.6 is 11.6 Å². The Balaban J connectivity index is 2.87. The minimum Gasteiger partial charge on any atom is -0.495 e. The number of halogens is 1. The smallest absolute Gasteiger partial charge is 0.228 e. The molecule has 20 heavy (non-hydrogen) atoms. The summed E-state index contributed by atoms with van der Waals surface area (Å²) >= 11 is 6.02.